The van der Waals surface area contributed by atoms with E-state index in [4.69, 9.17) is 23.7 Å². The zero-order valence-electron chi connectivity index (χ0n) is 4.68. The van der Waals surface area contributed by atoms with Crippen molar-refractivity contribution in [3.05, 3.63) is 0 Å². The van der Waals surface area contributed by atoms with Gasteiger partial charge in [-0.1, -0.05) is 12.2 Å². The van der Waals surface area contributed by atoms with E-state index in [0.717, 1.165) is 12.8 Å². The molecule has 0 aliphatic heterocycles. The highest BCUT2D eigenvalue weighted by Crippen LogP contribution is 2.28. The molecule has 0 heterocycles. The summed E-state index contributed by atoms with van der Waals surface area (Å²) in [5.41, 5.74) is 10.7. The third kappa shape index (κ3) is 0.717. The number of thiocarbonyl (C=S) groups is 1. The molecule has 3 heteroatoms. The third-order valence-electron chi connectivity index (χ3n) is 1.74. The van der Waals surface area contributed by atoms with E-state index in [1.165, 1.54) is 6.42 Å². The van der Waals surface area contributed by atoms with Crippen molar-refractivity contribution >= 4 is 17.2 Å². The Kier molecular flexibility index (Phi) is 1.25. The van der Waals surface area contributed by atoms with Crippen LogP contribution in [0.4, 0.5) is 0 Å². The summed E-state index contributed by atoms with van der Waals surface area (Å²) in [5, 5.41) is 0. The lowest BCUT2D eigenvalue weighted by Crippen LogP contribution is -2.55. The van der Waals surface area contributed by atoms with Crippen molar-refractivity contribution < 1.29 is 0 Å². The molecule has 1 rings (SSSR count). The van der Waals surface area contributed by atoms with Gasteiger partial charge in [0.25, 0.3) is 0 Å². The monoisotopic (exact) mass is 130 g/mol. The van der Waals surface area contributed by atoms with Gasteiger partial charge in [0, 0.05) is 0 Å². The summed E-state index contributed by atoms with van der Waals surface area (Å²) >= 11 is 4.73. The van der Waals surface area contributed by atoms with E-state index < -0.39 is 0 Å². The molecule has 0 aromatic rings. The molecule has 0 spiro atoms. The molecule has 0 radical (unpaired) electrons. The maximum absolute atomic E-state index is 5.68. The van der Waals surface area contributed by atoms with Crippen molar-refractivity contribution in [2.75, 3.05) is 0 Å². The highest BCUT2D eigenvalue weighted by atomic mass is 32.1. The van der Waals surface area contributed by atoms with Crippen molar-refractivity contribution in [3.8, 4) is 0 Å². The summed E-state index contributed by atoms with van der Waals surface area (Å²) in [6.07, 6.45) is 3.12. The molecule has 0 saturated heterocycles. The van der Waals surface area contributed by atoms with Crippen molar-refractivity contribution in [2.45, 2.75) is 24.8 Å². The summed E-state index contributed by atoms with van der Waals surface area (Å²) < 4.78 is 0. The number of nitrogens with two attached hydrogens (primary N) is 2. The van der Waals surface area contributed by atoms with Crippen LogP contribution in [-0.2, 0) is 0 Å². The van der Waals surface area contributed by atoms with E-state index in [1.807, 2.05) is 0 Å². The molecule has 2 nitrogen and oxygen atoms in total. The van der Waals surface area contributed by atoms with Gasteiger partial charge in [-0.2, -0.15) is 0 Å². The summed E-state index contributed by atoms with van der Waals surface area (Å²) in [7, 11) is 0. The minimum Gasteiger partial charge on any atom is -0.392 e. The number of hydrogen-bond acceptors (Lipinski definition) is 2. The minimum atomic E-state index is -0.269. The fraction of sp³-hybridized carbons (Fsp3) is 0.800. The van der Waals surface area contributed by atoms with Gasteiger partial charge < -0.3 is 11.5 Å². The predicted octanol–water partition coefficient (Wildman–Crippen LogP) is 0.154. The minimum absolute atomic E-state index is 0.269. The van der Waals surface area contributed by atoms with Gasteiger partial charge in [-0.15, -0.1) is 0 Å². The first-order valence-corrected chi connectivity index (χ1v) is 3.15. The quantitative estimate of drug-likeness (QED) is 0.497. The Morgan fingerprint density at radius 1 is 1.50 bits per heavy atom. The van der Waals surface area contributed by atoms with Crippen LogP contribution in [0.25, 0.3) is 0 Å². The van der Waals surface area contributed by atoms with Gasteiger partial charge in [0.2, 0.25) is 0 Å². The van der Waals surface area contributed by atoms with E-state index >= 15 is 0 Å². The van der Waals surface area contributed by atoms with Crippen LogP contribution in [-0.4, -0.2) is 10.5 Å². The summed E-state index contributed by atoms with van der Waals surface area (Å²) in [6.45, 7) is 0. The second-order valence-electron chi connectivity index (χ2n) is 2.37. The van der Waals surface area contributed by atoms with Crippen LogP contribution in [0.2, 0.25) is 0 Å². The van der Waals surface area contributed by atoms with Crippen LogP contribution < -0.4 is 11.5 Å². The molecule has 4 N–H and O–H groups in total. The zero-order chi connectivity index (χ0) is 6.20. The van der Waals surface area contributed by atoms with Gasteiger partial charge in [0.1, 0.15) is 0 Å². The lowest BCUT2D eigenvalue weighted by atomic mass is 9.78. The van der Waals surface area contributed by atoms with Crippen molar-refractivity contribution in [1.29, 1.82) is 0 Å². The van der Waals surface area contributed by atoms with E-state index in [-0.39, 0.29) is 5.54 Å². The lowest BCUT2D eigenvalue weighted by Gasteiger charge is -2.36. The zero-order valence-corrected chi connectivity index (χ0v) is 5.50. The number of hydrogen-bond donors (Lipinski definition) is 2. The van der Waals surface area contributed by atoms with Crippen LogP contribution in [0.5, 0.6) is 0 Å². The second kappa shape index (κ2) is 1.67. The van der Waals surface area contributed by atoms with Crippen molar-refractivity contribution in [2.24, 2.45) is 11.5 Å². The first kappa shape index (κ1) is 5.98. The van der Waals surface area contributed by atoms with Crippen LogP contribution in [0, 0.1) is 0 Å². The van der Waals surface area contributed by atoms with Crippen LogP contribution in [0.15, 0.2) is 0 Å². The Hall–Kier alpha value is -0.150. The fourth-order valence-corrected chi connectivity index (χ4v) is 1.01. The van der Waals surface area contributed by atoms with Gasteiger partial charge in [-0.25, -0.2) is 0 Å². The lowest BCUT2D eigenvalue weighted by molar-refractivity contribution is 0.345. The molecule has 0 aromatic heterocycles. The van der Waals surface area contributed by atoms with Gasteiger partial charge in [0.05, 0.1) is 10.5 Å². The maximum atomic E-state index is 5.68. The van der Waals surface area contributed by atoms with Gasteiger partial charge in [0.15, 0.2) is 0 Å². The molecular formula is C5H10N2S. The summed E-state index contributed by atoms with van der Waals surface area (Å²) in [6, 6.07) is 0. The van der Waals surface area contributed by atoms with E-state index in [2.05, 4.69) is 0 Å². The smallest absolute Gasteiger partial charge is 0.0929 e. The first-order valence-electron chi connectivity index (χ1n) is 2.74. The topological polar surface area (TPSA) is 52.0 Å². The van der Waals surface area contributed by atoms with Crippen molar-refractivity contribution in [3.63, 3.8) is 0 Å². The molecule has 8 heavy (non-hydrogen) atoms. The molecule has 0 amide bonds. The molecule has 1 saturated carbocycles. The predicted molar refractivity (Wildman–Crippen MR) is 37.6 cm³/mol. The van der Waals surface area contributed by atoms with Crippen molar-refractivity contribution in [1.82, 2.24) is 0 Å². The Balaban J connectivity index is 2.53. The third-order valence-corrected chi connectivity index (χ3v) is 2.14. The number of rotatable bonds is 1. The summed E-state index contributed by atoms with van der Waals surface area (Å²) in [5.74, 6) is 0. The Labute approximate surface area is 54.2 Å². The molecule has 1 aliphatic rings. The average Bonchev–Trinajstić information content (AvgIpc) is 1.60. The largest absolute Gasteiger partial charge is 0.392 e. The second-order valence-corrected chi connectivity index (χ2v) is 2.81. The molecule has 0 bridgehead atoms. The average molecular weight is 130 g/mol. The molecule has 0 unspecified atom stereocenters. The van der Waals surface area contributed by atoms with E-state index in [0.29, 0.717) is 4.99 Å². The van der Waals surface area contributed by atoms with Gasteiger partial charge in [-0.3, -0.25) is 0 Å². The van der Waals surface area contributed by atoms with E-state index in [9.17, 15) is 0 Å². The first-order chi connectivity index (χ1) is 3.65. The van der Waals surface area contributed by atoms with Crippen LogP contribution in [0.1, 0.15) is 19.3 Å². The van der Waals surface area contributed by atoms with Crippen LogP contribution >= 0.6 is 12.2 Å². The SMILES string of the molecule is NC(=S)C1(N)CCC1. The van der Waals surface area contributed by atoms with Crippen LogP contribution in [0.3, 0.4) is 0 Å². The van der Waals surface area contributed by atoms with Gasteiger partial charge >= 0.3 is 0 Å². The highest BCUT2D eigenvalue weighted by Gasteiger charge is 2.35. The Morgan fingerprint density at radius 3 is 2.00 bits per heavy atom. The van der Waals surface area contributed by atoms with Gasteiger partial charge in [-0.05, 0) is 19.3 Å². The maximum Gasteiger partial charge on any atom is 0.0929 e. The molecule has 0 aromatic carbocycles. The normalized spacial score (nSPS) is 24.1. The standard InChI is InChI=1S/C5H10N2S/c6-4(8)5(7)2-1-3-5/h1-3,7H2,(H2,6,8). The molecule has 0 atom stereocenters. The molecule has 46 valence electrons. The highest BCUT2D eigenvalue weighted by molar-refractivity contribution is 7.80. The fourth-order valence-electron chi connectivity index (χ4n) is 0.804. The Morgan fingerprint density at radius 2 is 2.00 bits per heavy atom. The van der Waals surface area contributed by atoms with E-state index in [1.54, 1.807) is 0 Å². The Bertz CT molecular complexity index is 118. The summed E-state index contributed by atoms with van der Waals surface area (Å²) in [4.78, 5) is 0.476. The molecule has 1 fully saturated rings. The molecule has 1 aliphatic carbocycles. The molecular weight excluding hydrogens is 120 g/mol.